The summed E-state index contributed by atoms with van der Waals surface area (Å²) < 4.78 is 21.3. The van der Waals surface area contributed by atoms with Crippen molar-refractivity contribution in [1.29, 1.82) is 0 Å². The molecule has 0 spiro atoms. The minimum absolute atomic E-state index is 1.00. The summed E-state index contributed by atoms with van der Waals surface area (Å²) in [4.78, 5) is 0. The van der Waals surface area contributed by atoms with Gasteiger partial charge in [-0.3, -0.25) is 0 Å². The smallest absolute Gasteiger partial charge is 0.334 e. The maximum atomic E-state index is 5.43. The van der Waals surface area contributed by atoms with Crippen LogP contribution in [0.25, 0.3) is 0 Å². The molecular weight excluding hydrogens is 324 g/mol. The van der Waals surface area contributed by atoms with Crippen LogP contribution in [-0.4, -0.2) is 45.6 Å². The monoisotopic (exact) mass is 358 g/mol. The second-order valence-corrected chi connectivity index (χ2v) is 13.0. The van der Waals surface area contributed by atoms with Crippen LogP contribution in [-0.2, 0) is 24.1 Å². The summed E-state index contributed by atoms with van der Waals surface area (Å²) in [5.41, 5.74) is 1.35. The molecule has 6 heteroatoms. The van der Waals surface area contributed by atoms with Gasteiger partial charge in [0, 0.05) is 28.4 Å². The molecule has 1 aromatic carbocycles. The SMILES string of the molecule is CCC[Si](C)(OC)OC.CO[Si](C)(CCc1ccccc1)OC. The topological polar surface area (TPSA) is 36.9 Å². The maximum Gasteiger partial charge on any atom is 0.334 e. The van der Waals surface area contributed by atoms with E-state index in [1.165, 1.54) is 5.56 Å². The zero-order chi connectivity index (χ0) is 17.8. The summed E-state index contributed by atoms with van der Waals surface area (Å²) in [5.74, 6) is 0. The Morgan fingerprint density at radius 2 is 1.17 bits per heavy atom. The molecule has 0 unspecified atom stereocenters. The highest BCUT2D eigenvalue weighted by atomic mass is 28.4. The lowest BCUT2D eigenvalue weighted by Crippen LogP contribution is -2.36. The molecule has 1 aromatic rings. The maximum absolute atomic E-state index is 5.43. The van der Waals surface area contributed by atoms with Crippen molar-refractivity contribution in [2.45, 2.75) is 44.9 Å². The standard InChI is InChI=1S/C11H18O2Si.C6H16O2Si/c1-12-14(3,13-2)10-9-11-7-5-4-6-8-11;1-5-6-9(4,7-2)8-3/h4-8H,9-10H2,1-3H3;5-6H2,1-4H3. The van der Waals surface area contributed by atoms with Gasteiger partial charge in [-0.2, -0.15) is 0 Å². The van der Waals surface area contributed by atoms with E-state index in [1.807, 2.05) is 6.07 Å². The Bertz CT molecular complexity index is 393. The van der Waals surface area contributed by atoms with Crippen molar-refractivity contribution < 1.29 is 17.7 Å². The average molecular weight is 359 g/mol. The minimum atomic E-state index is -1.88. The van der Waals surface area contributed by atoms with Crippen LogP contribution in [0.2, 0.25) is 25.2 Å². The van der Waals surface area contributed by atoms with Crippen LogP contribution in [0.1, 0.15) is 18.9 Å². The van der Waals surface area contributed by atoms with E-state index in [1.54, 1.807) is 28.4 Å². The number of rotatable bonds is 9. The Kier molecular flexibility index (Phi) is 11.7. The molecule has 0 saturated carbocycles. The predicted octanol–water partition coefficient (Wildman–Crippen LogP) is 4.36. The Morgan fingerprint density at radius 3 is 1.52 bits per heavy atom. The molecule has 0 heterocycles. The molecular formula is C17H34O4Si2. The number of benzene rings is 1. The van der Waals surface area contributed by atoms with Gasteiger partial charge in [0.2, 0.25) is 0 Å². The van der Waals surface area contributed by atoms with Crippen molar-refractivity contribution in [3.05, 3.63) is 35.9 Å². The molecule has 0 saturated heterocycles. The zero-order valence-corrected chi connectivity index (χ0v) is 17.8. The first kappa shape index (κ1) is 22.5. The number of hydrogen-bond donors (Lipinski definition) is 0. The molecule has 0 bridgehead atoms. The third kappa shape index (κ3) is 9.39. The minimum Gasteiger partial charge on any atom is -0.398 e. The lowest BCUT2D eigenvalue weighted by atomic mass is 10.2. The Hall–Kier alpha value is -0.506. The Labute approximate surface area is 144 Å². The third-order valence-electron chi connectivity index (χ3n) is 4.14. The molecule has 0 aliphatic rings. The van der Waals surface area contributed by atoms with Gasteiger partial charge in [-0.25, -0.2) is 0 Å². The average Bonchev–Trinajstić information content (AvgIpc) is 2.61. The van der Waals surface area contributed by atoms with E-state index in [0.717, 1.165) is 24.9 Å². The fraction of sp³-hybridized carbons (Fsp3) is 0.647. The highest BCUT2D eigenvalue weighted by molar-refractivity contribution is 6.66. The first-order valence-electron chi connectivity index (χ1n) is 8.13. The van der Waals surface area contributed by atoms with Gasteiger partial charge in [-0.1, -0.05) is 43.7 Å². The summed E-state index contributed by atoms with van der Waals surface area (Å²) in [5, 5.41) is 0. The van der Waals surface area contributed by atoms with Crippen LogP contribution in [0, 0.1) is 0 Å². The lowest BCUT2D eigenvalue weighted by Gasteiger charge is -2.22. The van der Waals surface area contributed by atoms with Gasteiger partial charge in [0.15, 0.2) is 0 Å². The summed E-state index contributed by atoms with van der Waals surface area (Å²) in [6.07, 6.45) is 2.18. The molecule has 0 aromatic heterocycles. The van der Waals surface area contributed by atoms with Crippen LogP contribution in [0.5, 0.6) is 0 Å². The van der Waals surface area contributed by atoms with Crippen LogP contribution >= 0.6 is 0 Å². The fourth-order valence-electron chi connectivity index (χ4n) is 2.05. The normalized spacial score (nSPS) is 11.8. The van der Waals surface area contributed by atoms with Gasteiger partial charge >= 0.3 is 17.1 Å². The Balaban J connectivity index is 0.000000468. The van der Waals surface area contributed by atoms with Crippen LogP contribution in [0.15, 0.2) is 30.3 Å². The van der Waals surface area contributed by atoms with Crippen LogP contribution in [0.4, 0.5) is 0 Å². The largest absolute Gasteiger partial charge is 0.398 e. The van der Waals surface area contributed by atoms with Crippen molar-refractivity contribution in [2.24, 2.45) is 0 Å². The van der Waals surface area contributed by atoms with E-state index in [-0.39, 0.29) is 0 Å². The molecule has 0 radical (unpaired) electrons. The van der Waals surface area contributed by atoms with Crippen LogP contribution < -0.4 is 0 Å². The van der Waals surface area contributed by atoms with Gasteiger partial charge in [0.05, 0.1) is 0 Å². The second kappa shape index (κ2) is 11.9. The fourth-order valence-corrected chi connectivity index (χ4v) is 4.85. The lowest BCUT2D eigenvalue weighted by molar-refractivity contribution is 0.249. The molecule has 0 N–H and O–H groups in total. The van der Waals surface area contributed by atoms with Gasteiger partial charge < -0.3 is 17.7 Å². The third-order valence-corrected chi connectivity index (χ3v) is 10.2. The predicted molar refractivity (Wildman–Crippen MR) is 101 cm³/mol. The van der Waals surface area contributed by atoms with Gasteiger partial charge in [0.25, 0.3) is 0 Å². The molecule has 0 aliphatic carbocycles. The van der Waals surface area contributed by atoms with E-state index in [2.05, 4.69) is 44.3 Å². The van der Waals surface area contributed by atoms with E-state index in [0.29, 0.717) is 0 Å². The Morgan fingerprint density at radius 1 is 0.739 bits per heavy atom. The van der Waals surface area contributed by atoms with Gasteiger partial charge in [-0.05, 0) is 37.2 Å². The van der Waals surface area contributed by atoms with Crippen molar-refractivity contribution in [3.63, 3.8) is 0 Å². The molecule has 4 nitrogen and oxygen atoms in total. The number of aryl methyl sites for hydroxylation is 1. The molecule has 23 heavy (non-hydrogen) atoms. The van der Waals surface area contributed by atoms with Gasteiger partial charge in [0.1, 0.15) is 0 Å². The highest BCUT2D eigenvalue weighted by Gasteiger charge is 2.28. The van der Waals surface area contributed by atoms with Crippen molar-refractivity contribution in [2.75, 3.05) is 28.4 Å². The summed E-state index contributed by atoms with van der Waals surface area (Å²) in [6.45, 7) is 6.32. The van der Waals surface area contributed by atoms with E-state index in [9.17, 15) is 0 Å². The first-order valence-corrected chi connectivity index (χ1v) is 13.2. The van der Waals surface area contributed by atoms with Crippen molar-refractivity contribution in [3.8, 4) is 0 Å². The molecule has 0 aliphatic heterocycles. The first-order chi connectivity index (χ1) is 10.9. The number of hydrogen-bond acceptors (Lipinski definition) is 4. The quantitative estimate of drug-likeness (QED) is 0.615. The van der Waals surface area contributed by atoms with E-state index in [4.69, 9.17) is 17.7 Å². The van der Waals surface area contributed by atoms with Crippen LogP contribution in [0.3, 0.4) is 0 Å². The highest BCUT2D eigenvalue weighted by Crippen LogP contribution is 2.15. The molecule has 0 amide bonds. The van der Waals surface area contributed by atoms with Crippen molar-refractivity contribution >= 4 is 17.1 Å². The molecule has 134 valence electrons. The second-order valence-electron chi connectivity index (χ2n) is 5.82. The molecule has 0 atom stereocenters. The summed E-state index contributed by atoms with van der Waals surface area (Å²) >= 11 is 0. The van der Waals surface area contributed by atoms with E-state index >= 15 is 0 Å². The zero-order valence-electron chi connectivity index (χ0n) is 15.8. The molecule has 0 fully saturated rings. The summed E-state index contributed by atoms with van der Waals surface area (Å²) in [7, 11) is 3.35. The van der Waals surface area contributed by atoms with Gasteiger partial charge in [-0.15, -0.1) is 0 Å². The van der Waals surface area contributed by atoms with E-state index < -0.39 is 17.1 Å². The van der Waals surface area contributed by atoms with Crippen molar-refractivity contribution in [1.82, 2.24) is 0 Å². The molecule has 1 rings (SSSR count). The summed E-state index contributed by atoms with van der Waals surface area (Å²) in [6, 6.07) is 12.5.